The van der Waals surface area contributed by atoms with Crippen molar-refractivity contribution in [3.05, 3.63) is 65.7 Å². The van der Waals surface area contributed by atoms with Crippen LogP contribution in [0.2, 0.25) is 0 Å². The van der Waals surface area contributed by atoms with Gasteiger partial charge in [-0.25, -0.2) is 9.78 Å². The number of ether oxygens (including phenoxy) is 1. The summed E-state index contributed by atoms with van der Waals surface area (Å²) in [6, 6.07) is 17.2. The molecule has 0 aliphatic rings. The monoisotopic (exact) mass is 338 g/mol. The van der Waals surface area contributed by atoms with Crippen molar-refractivity contribution in [2.45, 2.75) is 6.92 Å². The molecule has 3 aromatic rings. The van der Waals surface area contributed by atoms with Gasteiger partial charge in [-0.15, -0.1) is 11.3 Å². The molecule has 0 fully saturated rings. The van der Waals surface area contributed by atoms with E-state index in [2.05, 4.69) is 10.3 Å². The Morgan fingerprint density at radius 1 is 1.00 bits per heavy atom. The fraction of sp³-hybridized carbons (Fsp3) is 0.0556. The van der Waals surface area contributed by atoms with E-state index in [4.69, 9.17) is 4.74 Å². The Bertz CT molecular complexity index is 857. The number of amides is 1. The van der Waals surface area contributed by atoms with Crippen LogP contribution in [0, 0.1) is 0 Å². The van der Waals surface area contributed by atoms with Gasteiger partial charge in [-0.1, -0.05) is 42.5 Å². The molecule has 6 heteroatoms. The van der Waals surface area contributed by atoms with E-state index in [1.165, 1.54) is 18.3 Å². The molecule has 0 spiro atoms. The quantitative estimate of drug-likeness (QED) is 0.577. The minimum Gasteiger partial charge on any atom is -0.422 e. The van der Waals surface area contributed by atoms with Gasteiger partial charge < -0.3 is 10.1 Å². The smallest absolute Gasteiger partial charge is 0.363 e. The van der Waals surface area contributed by atoms with Crippen molar-refractivity contribution in [2.75, 3.05) is 5.32 Å². The highest BCUT2D eigenvalue weighted by molar-refractivity contribution is 7.14. The maximum atomic E-state index is 12.1. The van der Waals surface area contributed by atoms with E-state index in [1.54, 1.807) is 17.5 Å². The number of nitrogens with one attached hydrogen (secondary N) is 1. The predicted molar refractivity (Wildman–Crippen MR) is 93.3 cm³/mol. The van der Waals surface area contributed by atoms with Crippen molar-refractivity contribution in [1.29, 1.82) is 0 Å². The SMILES string of the molecule is CC(=O)Nc1nc(C(=O)Oc2ccc(-c3ccccc3)cc2)cs1. The summed E-state index contributed by atoms with van der Waals surface area (Å²) >= 11 is 1.17. The number of anilines is 1. The highest BCUT2D eigenvalue weighted by Crippen LogP contribution is 2.23. The molecular formula is C18H14N2O3S. The van der Waals surface area contributed by atoms with Crippen LogP contribution >= 0.6 is 11.3 Å². The van der Waals surface area contributed by atoms with Crippen LogP contribution in [0.5, 0.6) is 5.75 Å². The third-order valence-corrected chi connectivity index (χ3v) is 3.93. The molecule has 0 saturated heterocycles. The summed E-state index contributed by atoms with van der Waals surface area (Å²) in [5.74, 6) is -0.357. The Morgan fingerprint density at radius 2 is 1.67 bits per heavy atom. The van der Waals surface area contributed by atoms with E-state index < -0.39 is 5.97 Å². The normalized spacial score (nSPS) is 10.2. The summed E-state index contributed by atoms with van der Waals surface area (Å²) in [6.07, 6.45) is 0. The molecule has 1 heterocycles. The average Bonchev–Trinajstić information content (AvgIpc) is 3.04. The van der Waals surface area contributed by atoms with Crippen LogP contribution in [0.25, 0.3) is 11.1 Å². The van der Waals surface area contributed by atoms with Gasteiger partial charge in [0.25, 0.3) is 0 Å². The summed E-state index contributed by atoms with van der Waals surface area (Å²) < 4.78 is 5.30. The molecule has 0 atom stereocenters. The zero-order valence-electron chi connectivity index (χ0n) is 12.9. The summed E-state index contributed by atoms with van der Waals surface area (Å²) in [7, 11) is 0. The van der Waals surface area contributed by atoms with Crippen molar-refractivity contribution >= 4 is 28.3 Å². The van der Waals surface area contributed by atoms with Crippen LogP contribution < -0.4 is 10.1 Å². The highest BCUT2D eigenvalue weighted by Gasteiger charge is 2.14. The third kappa shape index (κ3) is 3.85. The Balaban J connectivity index is 1.68. The first-order chi connectivity index (χ1) is 11.6. The van der Waals surface area contributed by atoms with Crippen LogP contribution in [0.15, 0.2) is 60.0 Å². The zero-order chi connectivity index (χ0) is 16.9. The number of thiazole rings is 1. The highest BCUT2D eigenvalue weighted by atomic mass is 32.1. The van der Waals surface area contributed by atoms with Gasteiger partial charge in [0.1, 0.15) is 5.75 Å². The Kier molecular flexibility index (Phi) is 4.67. The lowest BCUT2D eigenvalue weighted by atomic mass is 10.1. The number of carbonyl (C=O) groups is 2. The lowest BCUT2D eigenvalue weighted by Gasteiger charge is -2.05. The minimum atomic E-state index is -0.560. The van der Waals surface area contributed by atoms with Crippen molar-refractivity contribution in [3.8, 4) is 16.9 Å². The molecule has 5 nitrogen and oxygen atoms in total. The number of nitrogens with zero attached hydrogens (tertiary/aromatic N) is 1. The zero-order valence-corrected chi connectivity index (χ0v) is 13.7. The number of hydrogen-bond acceptors (Lipinski definition) is 5. The van der Waals surface area contributed by atoms with E-state index in [9.17, 15) is 9.59 Å². The van der Waals surface area contributed by atoms with Gasteiger partial charge in [0.2, 0.25) is 5.91 Å². The fourth-order valence-corrected chi connectivity index (χ4v) is 2.81. The predicted octanol–water partition coefficient (Wildman–Crippen LogP) is 3.99. The van der Waals surface area contributed by atoms with Gasteiger partial charge in [0.05, 0.1) is 0 Å². The molecule has 1 amide bonds. The molecule has 2 aromatic carbocycles. The summed E-state index contributed by atoms with van der Waals surface area (Å²) in [5, 5.41) is 4.45. The maximum absolute atomic E-state index is 12.1. The van der Waals surface area contributed by atoms with Crippen LogP contribution in [0.3, 0.4) is 0 Å². The van der Waals surface area contributed by atoms with Crippen molar-refractivity contribution in [2.24, 2.45) is 0 Å². The Hall–Kier alpha value is -2.99. The van der Waals surface area contributed by atoms with Gasteiger partial charge in [-0.3, -0.25) is 4.79 Å². The number of rotatable bonds is 4. The number of aromatic nitrogens is 1. The van der Waals surface area contributed by atoms with Crippen LogP contribution in [-0.2, 0) is 4.79 Å². The summed E-state index contributed by atoms with van der Waals surface area (Å²) in [5.41, 5.74) is 2.29. The number of hydrogen-bond donors (Lipinski definition) is 1. The second-order valence-electron chi connectivity index (χ2n) is 5.00. The first-order valence-corrected chi connectivity index (χ1v) is 8.10. The molecule has 0 saturated carbocycles. The summed E-state index contributed by atoms with van der Waals surface area (Å²) in [6.45, 7) is 1.38. The number of benzene rings is 2. The largest absolute Gasteiger partial charge is 0.422 e. The topological polar surface area (TPSA) is 68.3 Å². The molecule has 0 aliphatic heterocycles. The fourth-order valence-electron chi connectivity index (χ4n) is 2.08. The van der Waals surface area contributed by atoms with Crippen LogP contribution in [0.1, 0.15) is 17.4 Å². The third-order valence-electron chi connectivity index (χ3n) is 3.17. The Morgan fingerprint density at radius 3 is 2.33 bits per heavy atom. The van der Waals surface area contributed by atoms with Gasteiger partial charge >= 0.3 is 5.97 Å². The van der Waals surface area contributed by atoms with E-state index >= 15 is 0 Å². The molecule has 0 radical (unpaired) electrons. The van der Waals surface area contributed by atoms with E-state index in [0.717, 1.165) is 11.1 Å². The molecule has 0 unspecified atom stereocenters. The van der Waals surface area contributed by atoms with Crippen molar-refractivity contribution in [3.63, 3.8) is 0 Å². The van der Waals surface area contributed by atoms with E-state index in [1.807, 2.05) is 42.5 Å². The van der Waals surface area contributed by atoms with Crippen LogP contribution in [0.4, 0.5) is 5.13 Å². The minimum absolute atomic E-state index is 0.163. The first-order valence-electron chi connectivity index (χ1n) is 7.22. The summed E-state index contributed by atoms with van der Waals surface area (Å²) in [4.78, 5) is 27.1. The van der Waals surface area contributed by atoms with Gasteiger partial charge in [-0.05, 0) is 23.3 Å². The lowest BCUT2D eigenvalue weighted by molar-refractivity contribution is -0.114. The Labute approximate surface area is 142 Å². The second-order valence-corrected chi connectivity index (χ2v) is 5.86. The standard InChI is InChI=1S/C18H14N2O3S/c1-12(21)19-18-20-16(11-24-18)17(22)23-15-9-7-14(8-10-15)13-5-3-2-4-6-13/h2-11H,1H3,(H,19,20,21). The molecule has 1 N–H and O–H groups in total. The van der Waals surface area contributed by atoms with Gasteiger partial charge in [-0.2, -0.15) is 0 Å². The van der Waals surface area contributed by atoms with E-state index in [0.29, 0.717) is 10.9 Å². The second kappa shape index (κ2) is 7.06. The number of esters is 1. The molecule has 24 heavy (non-hydrogen) atoms. The number of carbonyl (C=O) groups excluding carboxylic acids is 2. The van der Waals surface area contributed by atoms with Crippen molar-refractivity contribution in [1.82, 2.24) is 4.98 Å². The average molecular weight is 338 g/mol. The van der Waals surface area contributed by atoms with Crippen LogP contribution in [-0.4, -0.2) is 16.9 Å². The maximum Gasteiger partial charge on any atom is 0.363 e. The molecular weight excluding hydrogens is 324 g/mol. The molecule has 0 bridgehead atoms. The first kappa shape index (κ1) is 15.9. The lowest BCUT2D eigenvalue weighted by Crippen LogP contribution is -2.10. The van der Waals surface area contributed by atoms with Gasteiger partial charge in [0.15, 0.2) is 10.8 Å². The van der Waals surface area contributed by atoms with E-state index in [-0.39, 0.29) is 11.6 Å². The van der Waals surface area contributed by atoms with Gasteiger partial charge in [0, 0.05) is 12.3 Å². The molecule has 120 valence electrons. The molecule has 3 rings (SSSR count). The van der Waals surface area contributed by atoms with Crippen molar-refractivity contribution < 1.29 is 14.3 Å². The molecule has 1 aromatic heterocycles. The molecule has 0 aliphatic carbocycles.